The van der Waals surface area contributed by atoms with Gasteiger partial charge in [0.25, 0.3) is 0 Å². The number of hydrogen-bond acceptors (Lipinski definition) is 7. The van der Waals surface area contributed by atoms with E-state index in [0.717, 1.165) is 75.2 Å². The second-order valence-electron chi connectivity index (χ2n) is 9.70. The normalized spacial score (nSPS) is 20.6. The van der Waals surface area contributed by atoms with Crippen LogP contribution in [0.5, 0.6) is 0 Å². The van der Waals surface area contributed by atoms with Crippen molar-refractivity contribution in [3.8, 4) is 0 Å². The number of anilines is 2. The molecule has 1 aromatic heterocycles. The third-order valence-electron chi connectivity index (χ3n) is 7.40. The van der Waals surface area contributed by atoms with Crippen molar-refractivity contribution in [1.82, 2.24) is 24.9 Å². The standard InChI is InChI=1S/C24H34N8O3/c1-28-20-16-18(2-3-19(20)23(27-28)32-11-6-21(33)26-24(32)35)30-14-12-29(13-15-30)8-7-22(34)31-9-4-17(25)5-10-31/h2-3,16-17H,4-15,25H2,1H3,(H,26,33,35). The van der Waals surface area contributed by atoms with Gasteiger partial charge < -0.3 is 15.5 Å². The summed E-state index contributed by atoms with van der Waals surface area (Å²) in [5.74, 6) is 0.557. The second-order valence-corrected chi connectivity index (χ2v) is 9.70. The number of urea groups is 1. The van der Waals surface area contributed by atoms with E-state index in [1.165, 1.54) is 4.90 Å². The van der Waals surface area contributed by atoms with Crippen LogP contribution in [0.4, 0.5) is 16.3 Å². The quantitative estimate of drug-likeness (QED) is 0.636. The zero-order valence-corrected chi connectivity index (χ0v) is 20.3. The highest BCUT2D eigenvalue weighted by Crippen LogP contribution is 2.30. The average molecular weight is 483 g/mol. The Morgan fingerprint density at radius 1 is 1.09 bits per heavy atom. The monoisotopic (exact) mass is 482 g/mol. The van der Waals surface area contributed by atoms with Gasteiger partial charge in [-0.25, -0.2) is 4.79 Å². The van der Waals surface area contributed by atoms with Gasteiger partial charge in [-0.2, -0.15) is 5.10 Å². The maximum Gasteiger partial charge on any atom is 0.329 e. The van der Waals surface area contributed by atoms with E-state index in [1.807, 2.05) is 18.0 Å². The Morgan fingerprint density at radius 3 is 2.54 bits per heavy atom. The summed E-state index contributed by atoms with van der Waals surface area (Å²) in [6.45, 7) is 6.29. The van der Waals surface area contributed by atoms with Crippen LogP contribution in [0.25, 0.3) is 10.9 Å². The number of hydrogen-bond donors (Lipinski definition) is 2. The Morgan fingerprint density at radius 2 is 1.83 bits per heavy atom. The molecule has 4 amide bonds. The molecule has 3 aliphatic heterocycles. The molecule has 0 atom stereocenters. The van der Waals surface area contributed by atoms with E-state index in [0.29, 0.717) is 18.8 Å². The lowest BCUT2D eigenvalue weighted by Crippen LogP contribution is -2.49. The van der Waals surface area contributed by atoms with E-state index in [1.54, 1.807) is 4.68 Å². The van der Waals surface area contributed by atoms with Crippen LogP contribution in [0.2, 0.25) is 0 Å². The Bertz CT molecular complexity index is 1120. The van der Waals surface area contributed by atoms with E-state index >= 15 is 0 Å². The van der Waals surface area contributed by atoms with Crippen LogP contribution in [0.3, 0.4) is 0 Å². The Kier molecular flexibility index (Phi) is 6.61. The van der Waals surface area contributed by atoms with Gasteiger partial charge >= 0.3 is 6.03 Å². The number of nitrogens with one attached hydrogen (secondary N) is 1. The second kappa shape index (κ2) is 9.82. The highest BCUT2D eigenvalue weighted by molar-refractivity contribution is 6.09. The molecule has 2 aromatic rings. The summed E-state index contributed by atoms with van der Waals surface area (Å²) >= 11 is 0. The van der Waals surface area contributed by atoms with Crippen LogP contribution in [-0.2, 0) is 16.6 Å². The van der Waals surface area contributed by atoms with E-state index in [-0.39, 0.29) is 24.3 Å². The molecule has 3 aliphatic rings. The molecule has 1 aromatic carbocycles. The maximum absolute atomic E-state index is 12.5. The van der Waals surface area contributed by atoms with E-state index in [9.17, 15) is 14.4 Å². The van der Waals surface area contributed by atoms with Gasteiger partial charge in [0, 0.05) is 89.4 Å². The van der Waals surface area contributed by atoms with Crippen LogP contribution in [0.1, 0.15) is 25.7 Å². The fraction of sp³-hybridized carbons (Fsp3) is 0.583. The molecule has 0 saturated carbocycles. The number of imide groups is 1. The summed E-state index contributed by atoms with van der Waals surface area (Å²) in [4.78, 5) is 44.5. The topological polar surface area (TPSA) is 120 Å². The molecule has 35 heavy (non-hydrogen) atoms. The minimum Gasteiger partial charge on any atom is -0.369 e. The molecule has 4 heterocycles. The fourth-order valence-corrected chi connectivity index (χ4v) is 5.18. The van der Waals surface area contributed by atoms with Gasteiger partial charge in [0.15, 0.2) is 5.82 Å². The van der Waals surface area contributed by atoms with E-state index in [4.69, 9.17) is 5.73 Å². The number of piperazine rings is 1. The minimum absolute atomic E-state index is 0.235. The molecule has 3 fully saturated rings. The lowest BCUT2D eigenvalue weighted by Gasteiger charge is -2.36. The number of amides is 4. The molecule has 3 saturated heterocycles. The van der Waals surface area contributed by atoms with Gasteiger partial charge in [-0.15, -0.1) is 0 Å². The summed E-state index contributed by atoms with van der Waals surface area (Å²) in [6, 6.07) is 5.99. The molecule has 0 aliphatic carbocycles. The third kappa shape index (κ3) is 4.96. The molecule has 188 valence electrons. The molecule has 11 nitrogen and oxygen atoms in total. The van der Waals surface area contributed by atoms with Crippen molar-refractivity contribution >= 4 is 40.3 Å². The highest BCUT2D eigenvalue weighted by atomic mass is 16.2. The summed E-state index contributed by atoms with van der Waals surface area (Å²) in [7, 11) is 1.87. The number of nitrogens with two attached hydrogens (primary N) is 1. The number of piperidine rings is 1. The smallest absolute Gasteiger partial charge is 0.329 e. The van der Waals surface area contributed by atoms with Crippen LogP contribution in [0.15, 0.2) is 18.2 Å². The number of nitrogens with zero attached hydrogens (tertiary/aromatic N) is 6. The number of aromatic nitrogens is 2. The molecule has 0 unspecified atom stereocenters. The lowest BCUT2D eigenvalue weighted by atomic mass is 10.1. The first-order valence-electron chi connectivity index (χ1n) is 12.5. The van der Waals surface area contributed by atoms with Crippen molar-refractivity contribution in [2.75, 3.05) is 62.2 Å². The van der Waals surface area contributed by atoms with Crippen LogP contribution in [-0.4, -0.2) is 95.8 Å². The molecule has 0 spiro atoms. The van der Waals surface area contributed by atoms with Crippen molar-refractivity contribution in [3.63, 3.8) is 0 Å². The summed E-state index contributed by atoms with van der Waals surface area (Å²) in [5, 5.41) is 7.82. The number of carbonyl (C=O) groups excluding carboxylic acids is 3. The number of fused-ring (bicyclic) bond motifs is 1. The molecule has 0 bridgehead atoms. The van der Waals surface area contributed by atoms with Gasteiger partial charge in [-0.05, 0) is 31.0 Å². The van der Waals surface area contributed by atoms with Gasteiger partial charge in [-0.3, -0.25) is 29.4 Å². The third-order valence-corrected chi connectivity index (χ3v) is 7.40. The van der Waals surface area contributed by atoms with Crippen LogP contribution >= 0.6 is 0 Å². The Labute approximate surface area is 204 Å². The first kappa shape index (κ1) is 23.6. The molecular formula is C24H34N8O3. The number of likely N-dealkylation sites (tertiary alicyclic amines) is 1. The number of benzene rings is 1. The minimum atomic E-state index is -0.427. The van der Waals surface area contributed by atoms with Crippen molar-refractivity contribution in [3.05, 3.63) is 18.2 Å². The van der Waals surface area contributed by atoms with Crippen molar-refractivity contribution < 1.29 is 14.4 Å². The largest absolute Gasteiger partial charge is 0.369 e. The average Bonchev–Trinajstić information content (AvgIpc) is 3.19. The van der Waals surface area contributed by atoms with Gasteiger partial charge in [-0.1, -0.05) is 0 Å². The SMILES string of the molecule is Cn1nc(N2CCC(=O)NC2=O)c2ccc(N3CCN(CCC(=O)N4CCC(N)CC4)CC3)cc21. The number of carbonyl (C=O) groups is 3. The summed E-state index contributed by atoms with van der Waals surface area (Å²) < 4.78 is 1.78. The predicted molar refractivity (Wildman–Crippen MR) is 133 cm³/mol. The van der Waals surface area contributed by atoms with Crippen LogP contribution in [0, 0.1) is 0 Å². The summed E-state index contributed by atoms with van der Waals surface area (Å²) in [5.41, 5.74) is 8.01. The van der Waals surface area contributed by atoms with Gasteiger partial charge in [0.1, 0.15) is 0 Å². The Hall–Kier alpha value is -3.18. The zero-order valence-electron chi connectivity index (χ0n) is 20.3. The Balaban J connectivity index is 1.18. The molecular weight excluding hydrogens is 448 g/mol. The summed E-state index contributed by atoms with van der Waals surface area (Å²) in [6.07, 6.45) is 2.63. The first-order chi connectivity index (χ1) is 16.9. The predicted octanol–water partition coefficient (Wildman–Crippen LogP) is 0.481. The highest BCUT2D eigenvalue weighted by Gasteiger charge is 2.28. The number of aryl methyl sites for hydroxylation is 1. The molecule has 0 radical (unpaired) electrons. The molecule has 11 heteroatoms. The first-order valence-corrected chi connectivity index (χ1v) is 12.5. The van der Waals surface area contributed by atoms with Gasteiger partial charge in [0.2, 0.25) is 11.8 Å². The van der Waals surface area contributed by atoms with Gasteiger partial charge in [0.05, 0.1) is 5.52 Å². The maximum atomic E-state index is 12.5. The van der Waals surface area contributed by atoms with E-state index < -0.39 is 6.03 Å². The molecule has 3 N–H and O–H groups in total. The van der Waals surface area contributed by atoms with Crippen molar-refractivity contribution in [1.29, 1.82) is 0 Å². The zero-order chi connectivity index (χ0) is 24.5. The van der Waals surface area contributed by atoms with Crippen molar-refractivity contribution in [2.24, 2.45) is 12.8 Å². The fourth-order valence-electron chi connectivity index (χ4n) is 5.18. The van der Waals surface area contributed by atoms with E-state index in [2.05, 4.69) is 32.3 Å². The van der Waals surface area contributed by atoms with Crippen LogP contribution < -0.4 is 20.9 Å². The number of rotatable bonds is 5. The lowest BCUT2D eigenvalue weighted by molar-refractivity contribution is -0.132. The van der Waals surface area contributed by atoms with Crippen molar-refractivity contribution in [2.45, 2.75) is 31.7 Å². The molecule has 5 rings (SSSR count).